The van der Waals surface area contributed by atoms with E-state index in [0.29, 0.717) is 11.4 Å². The van der Waals surface area contributed by atoms with Crippen molar-refractivity contribution in [2.45, 2.75) is 0 Å². The SMILES string of the molecule is Fc1ccc(-c2nc(-c3cccc(-c4ccn[nH]4)c3)no2)cc1F. The van der Waals surface area contributed by atoms with Gasteiger partial charge in [-0.1, -0.05) is 23.4 Å². The van der Waals surface area contributed by atoms with Gasteiger partial charge in [-0.2, -0.15) is 10.1 Å². The standard InChI is InChI=1S/C17H10F2N4O/c18-13-5-4-12(9-14(13)19)17-21-16(23-24-17)11-3-1-2-10(8-11)15-6-7-20-22-15/h1-9H,(H,20,22). The maximum Gasteiger partial charge on any atom is 0.258 e. The van der Waals surface area contributed by atoms with E-state index in [9.17, 15) is 8.78 Å². The number of aromatic amines is 1. The largest absolute Gasteiger partial charge is 0.334 e. The molecule has 0 spiro atoms. The highest BCUT2D eigenvalue weighted by atomic mass is 19.2. The highest BCUT2D eigenvalue weighted by molar-refractivity contribution is 5.68. The third kappa shape index (κ3) is 2.56. The van der Waals surface area contributed by atoms with Crippen molar-refractivity contribution in [2.75, 3.05) is 0 Å². The van der Waals surface area contributed by atoms with Gasteiger partial charge in [-0.05, 0) is 30.3 Å². The Kier molecular flexibility index (Phi) is 3.38. The quantitative estimate of drug-likeness (QED) is 0.617. The molecule has 0 aliphatic carbocycles. The molecule has 2 heterocycles. The third-order valence-corrected chi connectivity index (χ3v) is 3.53. The van der Waals surface area contributed by atoms with E-state index in [1.54, 1.807) is 6.20 Å². The number of aromatic nitrogens is 4. The van der Waals surface area contributed by atoms with E-state index < -0.39 is 11.6 Å². The van der Waals surface area contributed by atoms with Crippen molar-refractivity contribution in [3.05, 3.63) is 66.4 Å². The molecule has 0 atom stereocenters. The summed E-state index contributed by atoms with van der Waals surface area (Å²) in [6.45, 7) is 0. The zero-order chi connectivity index (χ0) is 16.5. The Morgan fingerprint density at radius 1 is 0.875 bits per heavy atom. The van der Waals surface area contributed by atoms with Crippen molar-refractivity contribution in [2.24, 2.45) is 0 Å². The Hall–Kier alpha value is -3.35. The average Bonchev–Trinajstić information content (AvgIpc) is 3.29. The lowest BCUT2D eigenvalue weighted by Crippen LogP contribution is -1.86. The third-order valence-electron chi connectivity index (χ3n) is 3.53. The number of nitrogens with one attached hydrogen (secondary N) is 1. The zero-order valence-corrected chi connectivity index (χ0v) is 12.2. The summed E-state index contributed by atoms with van der Waals surface area (Å²) in [6.07, 6.45) is 1.66. The fourth-order valence-corrected chi connectivity index (χ4v) is 2.33. The van der Waals surface area contributed by atoms with Crippen LogP contribution in [0.15, 0.2) is 59.3 Å². The summed E-state index contributed by atoms with van der Waals surface area (Å²) in [4.78, 5) is 4.25. The average molecular weight is 324 g/mol. The molecule has 5 nitrogen and oxygen atoms in total. The molecule has 2 aromatic carbocycles. The highest BCUT2D eigenvalue weighted by Gasteiger charge is 2.13. The van der Waals surface area contributed by atoms with Crippen LogP contribution in [0, 0.1) is 11.6 Å². The summed E-state index contributed by atoms with van der Waals surface area (Å²) in [5.74, 6) is -1.41. The Morgan fingerprint density at radius 3 is 2.54 bits per heavy atom. The van der Waals surface area contributed by atoms with Gasteiger partial charge in [0.25, 0.3) is 5.89 Å². The number of hydrogen-bond donors (Lipinski definition) is 1. The van der Waals surface area contributed by atoms with Crippen molar-refractivity contribution < 1.29 is 13.3 Å². The molecule has 1 N–H and O–H groups in total. The lowest BCUT2D eigenvalue weighted by atomic mass is 10.1. The van der Waals surface area contributed by atoms with Crippen LogP contribution in [0.3, 0.4) is 0 Å². The predicted molar refractivity (Wildman–Crippen MR) is 82.7 cm³/mol. The molecular weight excluding hydrogens is 314 g/mol. The van der Waals surface area contributed by atoms with Crippen molar-refractivity contribution in [1.29, 1.82) is 0 Å². The monoisotopic (exact) mass is 324 g/mol. The van der Waals surface area contributed by atoms with Crippen LogP contribution in [0.4, 0.5) is 8.78 Å². The molecule has 118 valence electrons. The van der Waals surface area contributed by atoms with Crippen molar-refractivity contribution >= 4 is 0 Å². The van der Waals surface area contributed by atoms with E-state index in [2.05, 4.69) is 20.3 Å². The van der Waals surface area contributed by atoms with Gasteiger partial charge in [0.15, 0.2) is 11.6 Å². The maximum absolute atomic E-state index is 13.3. The van der Waals surface area contributed by atoms with Gasteiger partial charge in [0, 0.05) is 22.9 Å². The molecule has 0 radical (unpaired) electrons. The van der Waals surface area contributed by atoms with Gasteiger partial charge in [-0.15, -0.1) is 0 Å². The van der Waals surface area contributed by atoms with Crippen molar-refractivity contribution in [3.63, 3.8) is 0 Å². The summed E-state index contributed by atoms with van der Waals surface area (Å²) < 4.78 is 31.5. The molecule has 0 saturated carbocycles. The summed E-state index contributed by atoms with van der Waals surface area (Å²) in [6, 6.07) is 12.8. The number of hydrogen-bond acceptors (Lipinski definition) is 4. The molecule has 24 heavy (non-hydrogen) atoms. The Balaban J connectivity index is 1.70. The first-order valence-electron chi connectivity index (χ1n) is 7.10. The van der Waals surface area contributed by atoms with Crippen LogP contribution in [0.1, 0.15) is 0 Å². The van der Waals surface area contributed by atoms with Gasteiger partial charge < -0.3 is 4.52 Å². The van der Waals surface area contributed by atoms with E-state index >= 15 is 0 Å². The van der Waals surface area contributed by atoms with E-state index in [1.165, 1.54) is 6.07 Å². The Morgan fingerprint density at radius 2 is 1.75 bits per heavy atom. The van der Waals surface area contributed by atoms with Gasteiger partial charge in [0.05, 0.1) is 5.69 Å². The number of H-pyrrole nitrogens is 1. The minimum atomic E-state index is -0.964. The van der Waals surface area contributed by atoms with Crippen LogP contribution in [-0.4, -0.2) is 20.3 Å². The fourth-order valence-electron chi connectivity index (χ4n) is 2.33. The minimum Gasteiger partial charge on any atom is -0.334 e. The molecule has 4 aromatic rings. The van der Waals surface area contributed by atoms with Crippen LogP contribution in [0.25, 0.3) is 34.1 Å². The summed E-state index contributed by atoms with van der Waals surface area (Å²) >= 11 is 0. The molecule has 7 heteroatoms. The van der Waals surface area contributed by atoms with Crippen LogP contribution in [-0.2, 0) is 0 Å². The van der Waals surface area contributed by atoms with Crippen LogP contribution in [0.2, 0.25) is 0 Å². The number of halogens is 2. The lowest BCUT2D eigenvalue weighted by Gasteiger charge is -1.99. The van der Waals surface area contributed by atoms with E-state index in [4.69, 9.17) is 4.52 Å². The summed E-state index contributed by atoms with van der Waals surface area (Å²) in [7, 11) is 0. The van der Waals surface area contributed by atoms with Gasteiger partial charge >= 0.3 is 0 Å². The summed E-state index contributed by atoms with van der Waals surface area (Å²) in [5.41, 5.74) is 2.84. The highest BCUT2D eigenvalue weighted by Crippen LogP contribution is 2.26. The Labute approximate surface area is 135 Å². The first-order chi connectivity index (χ1) is 11.7. The molecule has 0 saturated heterocycles. The van der Waals surface area contributed by atoms with Gasteiger partial charge in [-0.3, -0.25) is 5.10 Å². The normalized spacial score (nSPS) is 10.9. The molecule has 0 bridgehead atoms. The Bertz CT molecular complexity index is 996. The molecule has 0 aliphatic heterocycles. The fraction of sp³-hybridized carbons (Fsp3) is 0. The van der Waals surface area contributed by atoms with Crippen molar-refractivity contribution in [1.82, 2.24) is 20.3 Å². The molecule has 0 aliphatic rings. The number of benzene rings is 2. The molecule has 0 unspecified atom stereocenters. The maximum atomic E-state index is 13.3. The lowest BCUT2D eigenvalue weighted by molar-refractivity contribution is 0.431. The van der Waals surface area contributed by atoms with Gasteiger partial charge in [0.1, 0.15) is 0 Å². The second-order valence-electron chi connectivity index (χ2n) is 5.10. The smallest absolute Gasteiger partial charge is 0.258 e. The topological polar surface area (TPSA) is 67.6 Å². The van der Waals surface area contributed by atoms with Crippen LogP contribution < -0.4 is 0 Å². The van der Waals surface area contributed by atoms with Crippen LogP contribution >= 0.6 is 0 Å². The van der Waals surface area contributed by atoms with Gasteiger partial charge in [-0.25, -0.2) is 8.78 Å². The zero-order valence-electron chi connectivity index (χ0n) is 12.2. The van der Waals surface area contributed by atoms with Crippen molar-refractivity contribution in [3.8, 4) is 34.1 Å². The molecular formula is C17H10F2N4O. The van der Waals surface area contributed by atoms with E-state index in [1.807, 2.05) is 30.3 Å². The molecule has 2 aromatic heterocycles. The molecule has 4 rings (SSSR count). The van der Waals surface area contributed by atoms with Crippen LogP contribution in [0.5, 0.6) is 0 Å². The number of nitrogens with zero attached hydrogens (tertiary/aromatic N) is 3. The first-order valence-corrected chi connectivity index (χ1v) is 7.10. The second kappa shape index (κ2) is 5.69. The molecule has 0 amide bonds. The minimum absolute atomic E-state index is 0.121. The van der Waals surface area contributed by atoms with Gasteiger partial charge in [0.2, 0.25) is 5.82 Å². The van der Waals surface area contributed by atoms with E-state index in [0.717, 1.165) is 29.0 Å². The molecule has 0 fully saturated rings. The van der Waals surface area contributed by atoms with E-state index in [-0.39, 0.29) is 5.89 Å². The first kappa shape index (κ1) is 14.3. The predicted octanol–water partition coefficient (Wildman–Crippen LogP) is 4.07. The summed E-state index contributed by atoms with van der Waals surface area (Å²) in [5, 5.41) is 10.7. The second-order valence-corrected chi connectivity index (χ2v) is 5.10. The number of rotatable bonds is 3.